The van der Waals surface area contributed by atoms with E-state index in [1.807, 2.05) is 20.8 Å². The molecule has 3 aliphatic heterocycles. The van der Waals surface area contributed by atoms with Crippen molar-refractivity contribution in [2.24, 2.45) is 17.8 Å². The fourth-order valence-electron chi connectivity index (χ4n) is 6.52. The number of ether oxygens (including phenoxy) is 2. The highest BCUT2D eigenvalue weighted by molar-refractivity contribution is 5.98. The molecule has 0 aromatic rings. The van der Waals surface area contributed by atoms with E-state index in [1.54, 1.807) is 22.0 Å². The van der Waals surface area contributed by atoms with E-state index in [1.165, 1.54) is 0 Å². The number of esters is 1. The van der Waals surface area contributed by atoms with Gasteiger partial charge in [-0.2, -0.15) is 0 Å². The number of rotatable bonds is 14. The summed E-state index contributed by atoms with van der Waals surface area (Å²) in [5.74, 6) is -2.39. The maximum Gasteiger partial charge on any atom is 0.312 e. The Kier molecular flexibility index (Phi) is 9.04. The summed E-state index contributed by atoms with van der Waals surface area (Å²) >= 11 is 0. The summed E-state index contributed by atoms with van der Waals surface area (Å²) < 4.78 is 12.2. The maximum absolute atomic E-state index is 14.2. The molecule has 0 aliphatic carbocycles. The first kappa shape index (κ1) is 28.4. The molecule has 0 saturated carbocycles. The SMILES string of the molecule is C=CCCOC(=O)[C@@H]1[C@H]2C(=O)N([C@@H](CO)CC(C)C)C(C(=O)N(CC=C)CCCC)C23CC[C@@]1(C)O3. The number of amides is 2. The van der Waals surface area contributed by atoms with Crippen LogP contribution in [0.1, 0.15) is 66.2 Å². The quantitative estimate of drug-likeness (QED) is 0.222. The zero-order valence-electron chi connectivity index (χ0n) is 22.4. The van der Waals surface area contributed by atoms with Gasteiger partial charge in [0.2, 0.25) is 11.8 Å². The van der Waals surface area contributed by atoms with E-state index < -0.39 is 41.1 Å². The molecule has 202 valence electrons. The van der Waals surface area contributed by atoms with Crippen LogP contribution in [0.3, 0.4) is 0 Å². The van der Waals surface area contributed by atoms with E-state index in [4.69, 9.17) is 9.47 Å². The Morgan fingerprint density at radius 2 is 2.03 bits per heavy atom. The summed E-state index contributed by atoms with van der Waals surface area (Å²) in [5.41, 5.74) is -2.00. The molecule has 3 heterocycles. The van der Waals surface area contributed by atoms with Gasteiger partial charge in [0.25, 0.3) is 0 Å². The Morgan fingerprint density at radius 1 is 1.31 bits per heavy atom. The molecule has 1 N–H and O–H groups in total. The third-order valence-electron chi connectivity index (χ3n) is 8.06. The molecule has 0 aromatic heterocycles. The molecule has 3 saturated heterocycles. The van der Waals surface area contributed by atoms with Crippen LogP contribution in [0, 0.1) is 17.8 Å². The van der Waals surface area contributed by atoms with Gasteiger partial charge in [-0.15, -0.1) is 13.2 Å². The first-order valence-electron chi connectivity index (χ1n) is 13.4. The second-order valence-electron chi connectivity index (χ2n) is 11.1. The van der Waals surface area contributed by atoms with E-state index in [0.29, 0.717) is 38.8 Å². The zero-order chi connectivity index (χ0) is 26.7. The lowest BCUT2D eigenvalue weighted by Crippen LogP contribution is -2.59. The Balaban J connectivity index is 2.07. The summed E-state index contributed by atoms with van der Waals surface area (Å²) in [6.07, 6.45) is 7.21. The number of carbonyl (C=O) groups excluding carboxylic acids is 3. The molecular formula is C28H44N2O6. The molecule has 6 atom stereocenters. The van der Waals surface area contributed by atoms with Crippen molar-refractivity contribution in [2.45, 2.75) is 89.5 Å². The number of nitrogens with zero attached hydrogens (tertiary/aromatic N) is 2. The zero-order valence-corrected chi connectivity index (χ0v) is 22.4. The normalized spacial score (nSPS) is 31.4. The van der Waals surface area contributed by atoms with Gasteiger partial charge in [0.1, 0.15) is 17.6 Å². The van der Waals surface area contributed by atoms with Crippen LogP contribution in [0.4, 0.5) is 0 Å². The van der Waals surface area contributed by atoms with Gasteiger partial charge in [0.05, 0.1) is 30.8 Å². The van der Waals surface area contributed by atoms with Crippen LogP contribution >= 0.6 is 0 Å². The number of aliphatic hydroxyl groups excluding tert-OH is 1. The van der Waals surface area contributed by atoms with E-state index in [0.717, 1.165) is 12.8 Å². The molecule has 1 spiro atoms. The van der Waals surface area contributed by atoms with Crippen molar-refractivity contribution in [3.8, 4) is 0 Å². The van der Waals surface area contributed by atoms with E-state index in [9.17, 15) is 19.5 Å². The Labute approximate surface area is 215 Å². The van der Waals surface area contributed by atoms with Crippen LogP contribution in [0.15, 0.2) is 25.3 Å². The molecule has 2 bridgehead atoms. The number of unbranched alkanes of at least 4 members (excludes halogenated alkanes) is 1. The average molecular weight is 505 g/mol. The Hall–Kier alpha value is -2.19. The average Bonchev–Trinajstić information content (AvgIpc) is 3.40. The predicted octanol–water partition coefficient (Wildman–Crippen LogP) is 3.09. The van der Waals surface area contributed by atoms with Crippen LogP contribution in [0.2, 0.25) is 0 Å². The van der Waals surface area contributed by atoms with Crippen molar-refractivity contribution in [2.75, 3.05) is 26.3 Å². The van der Waals surface area contributed by atoms with Crippen molar-refractivity contribution < 1.29 is 29.0 Å². The third-order valence-corrected chi connectivity index (χ3v) is 8.06. The molecule has 3 fully saturated rings. The molecule has 8 nitrogen and oxygen atoms in total. The monoisotopic (exact) mass is 504 g/mol. The van der Waals surface area contributed by atoms with Crippen molar-refractivity contribution in [1.29, 1.82) is 0 Å². The standard InChI is InChI=1S/C28H44N2O6/c1-7-10-15-29(14-9-3)25(33)23-28-13-12-27(6,36-28)22(26(34)35-16-11-8-2)21(28)24(32)30(23)20(18-31)17-19(4)5/h8-9,19-23,31H,2-3,7,10-18H2,1,4-6H3/t20-,21+,22+,23?,27-,28?/m1/s1. The Bertz CT molecular complexity index is 859. The van der Waals surface area contributed by atoms with Gasteiger partial charge >= 0.3 is 5.97 Å². The molecule has 2 amide bonds. The van der Waals surface area contributed by atoms with Gasteiger partial charge in [-0.05, 0) is 44.9 Å². The predicted molar refractivity (Wildman–Crippen MR) is 137 cm³/mol. The number of aliphatic hydroxyl groups is 1. The second-order valence-corrected chi connectivity index (χ2v) is 11.1. The lowest BCUT2D eigenvalue weighted by Gasteiger charge is -2.40. The lowest BCUT2D eigenvalue weighted by atomic mass is 9.66. The van der Waals surface area contributed by atoms with Gasteiger partial charge in [-0.1, -0.05) is 39.3 Å². The first-order chi connectivity index (χ1) is 17.1. The minimum atomic E-state index is -1.12. The minimum absolute atomic E-state index is 0.186. The number of hydrogen-bond acceptors (Lipinski definition) is 6. The summed E-state index contributed by atoms with van der Waals surface area (Å²) in [7, 11) is 0. The largest absolute Gasteiger partial charge is 0.465 e. The van der Waals surface area contributed by atoms with Gasteiger partial charge in [0.15, 0.2) is 0 Å². The van der Waals surface area contributed by atoms with Crippen LogP contribution in [0.25, 0.3) is 0 Å². The summed E-state index contributed by atoms with van der Waals surface area (Å²) in [4.78, 5) is 45.0. The van der Waals surface area contributed by atoms with Gasteiger partial charge < -0.3 is 24.4 Å². The van der Waals surface area contributed by atoms with Crippen LogP contribution < -0.4 is 0 Å². The first-order valence-corrected chi connectivity index (χ1v) is 13.4. The van der Waals surface area contributed by atoms with E-state index in [-0.39, 0.29) is 30.9 Å². The summed E-state index contributed by atoms with van der Waals surface area (Å²) in [6.45, 7) is 16.3. The van der Waals surface area contributed by atoms with Crippen molar-refractivity contribution in [3.63, 3.8) is 0 Å². The second kappa shape index (κ2) is 11.5. The van der Waals surface area contributed by atoms with E-state index >= 15 is 0 Å². The summed E-state index contributed by atoms with van der Waals surface area (Å²) in [5, 5.41) is 10.4. The molecular weight excluding hydrogens is 460 g/mol. The smallest absolute Gasteiger partial charge is 0.312 e. The van der Waals surface area contributed by atoms with Crippen molar-refractivity contribution >= 4 is 17.8 Å². The molecule has 0 radical (unpaired) electrons. The van der Waals surface area contributed by atoms with Gasteiger partial charge in [-0.25, -0.2) is 0 Å². The van der Waals surface area contributed by atoms with Crippen LogP contribution in [0.5, 0.6) is 0 Å². The molecule has 2 unspecified atom stereocenters. The van der Waals surface area contributed by atoms with Crippen LogP contribution in [-0.2, 0) is 23.9 Å². The third kappa shape index (κ3) is 4.86. The number of fused-ring (bicyclic) bond motifs is 1. The highest BCUT2D eigenvalue weighted by Crippen LogP contribution is 2.63. The Morgan fingerprint density at radius 3 is 2.61 bits per heavy atom. The number of carbonyl (C=O) groups is 3. The van der Waals surface area contributed by atoms with Crippen molar-refractivity contribution in [3.05, 3.63) is 25.3 Å². The number of likely N-dealkylation sites (tertiary alicyclic amines) is 1. The van der Waals surface area contributed by atoms with E-state index in [2.05, 4.69) is 20.1 Å². The molecule has 3 rings (SSSR count). The molecule has 36 heavy (non-hydrogen) atoms. The highest BCUT2D eigenvalue weighted by atomic mass is 16.6. The topological polar surface area (TPSA) is 96.4 Å². The summed E-state index contributed by atoms with van der Waals surface area (Å²) in [6, 6.07) is -1.45. The highest BCUT2D eigenvalue weighted by Gasteiger charge is 2.79. The van der Waals surface area contributed by atoms with Gasteiger partial charge in [0, 0.05) is 13.1 Å². The molecule has 0 aromatic carbocycles. The van der Waals surface area contributed by atoms with Gasteiger partial charge in [-0.3, -0.25) is 14.4 Å². The fourth-order valence-corrected chi connectivity index (χ4v) is 6.52. The van der Waals surface area contributed by atoms with Crippen LogP contribution in [-0.4, -0.2) is 82.3 Å². The minimum Gasteiger partial charge on any atom is -0.465 e. The molecule has 3 aliphatic rings. The number of hydrogen-bond donors (Lipinski definition) is 1. The van der Waals surface area contributed by atoms with Crippen molar-refractivity contribution in [1.82, 2.24) is 9.80 Å². The maximum atomic E-state index is 14.2. The fraction of sp³-hybridized carbons (Fsp3) is 0.750. The molecule has 8 heteroatoms. The lowest BCUT2D eigenvalue weighted by molar-refractivity contribution is -0.162.